The van der Waals surface area contributed by atoms with Gasteiger partial charge in [-0.15, -0.1) is 0 Å². The number of nitrogens with zero attached hydrogens (tertiary/aromatic N) is 1. The summed E-state index contributed by atoms with van der Waals surface area (Å²) >= 11 is 0. The van der Waals surface area contributed by atoms with Crippen molar-refractivity contribution in [3.05, 3.63) is 23.9 Å². The number of ether oxygens (including phenoxy) is 1. The number of hydrogen-bond acceptors (Lipinski definition) is 3. The lowest BCUT2D eigenvalue weighted by Gasteiger charge is -2.05. The highest BCUT2D eigenvalue weighted by Gasteiger charge is 2.24. The summed E-state index contributed by atoms with van der Waals surface area (Å²) in [5.41, 5.74) is 0.823. The van der Waals surface area contributed by atoms with Crippen LogP contribution in [-0.2, 0) is 11.3 Å². The Balaban J connectivity index is 1.80. The van der Waals surface area contributed by atoms with Gasteiger partial charge in [0, 0.05) is 12.5 Å². The average Bonchev–Trinajstić information content (AvgIpc) is 3.10. The molecular formula is C12H16N2O2. The van der Waals surface area contributed by atoms with Crippen LogP contribution in [0.4, 0.5) is 0 Å². The molecule has 0 aromatic carbocycles. The van der Waals surface area contributed by atoms with E-state index >= 15 is 0 Å². The van der Waals surface area contributed by atoms with Crippen LogP contribution in [0.1, 0.15) is 25.0 Å². The molecule has 0 radical (unpaired) electrons. The fourth-order valence-corrected chi connectivity index (χ4v) is 1.52. The van der Waals surface area contributed by atoms with Crippen molar-refractivity contribution >= 4 is 5.91 Å². The Morgan fingerprint density at radius 2 is 2.38 bits per heavy atom. The number of carbonyl (C=O) groups is 1. The smallest absolute Gasteiger partial charge is 0.220 e. The number of methoxy groups -OCH3 is 1. The summed E-state index contributed by atoms with van der Waals surface area (Å²) in [5, 5.41) is 2.86. The Kier molecular flexibility index (Phi) is 3.39. The van der Waals surface area contributed by atoms with E-state index in [1.165, 1.54) is 12.8 Å². The zero-order valence-electron chi connectivity index (χ0n) is 9.40. The molecular weight excluding hydrogens is 204 g/mol. The van der Waals surface area contributed by atoms with Crippen LogP contribution in [0, 0.1) is 5.92 Å². The van der Waals surface area contributed by atoms with Gasteiger partial charge in [-0.2, -0.15) is 0 Å². The lowest BCUT2D eigenvalue weighted by molar-refractivity contribution is -0.121. The van der Waals surface area contributed by atoms with Crippen LogP contribution in [0.5, 0.6) is 5.88 Å². The minimum atomic E-state index is 0.118. The van der Waals surface area contributed by atoms with Gasteiger partial charge in [0.2, 0.25) is 11.8 Å². The second-order valence-corrected chi connectivity index (χ2v) is 4.10. The molecule has 0 atom stereocenters. The third-order valence-corrected chi connectivity index (χ3v) is 2.63. The van der Waals surface area contributed by atoms with Crippen molar-refractivity contribution in [2.24, 2.45) is 5.92 Å². The molecule has 0 saturated heterocycles. The molecule has 4 nitrogen and oxygen atoms in total. The van der Waals surface area contributed by atoms with E-state index in [1.807, 2.05) is 12.1 Å². The molecule has 1 aromatic rings. The normalized spacial score (nSPS) is 14.6. The van der Waals surface area contributed by atoms with Gasteiger partial charge in [-0.1, -0.05) is 6.07 Å². The molecule has 0 spiro atoms. The monoisotopic (exact) mass is 220 g/mol. The molecule has 0 aliphatic heterocycles. The fraction of sp³-hybridized carbons (Fsp3) is 0.500. The van der Waals surface area contributed by atoms with Crippen LogP contribution >= 0.6 is 0 Å². The summed E-state index contributed by atoms with van der Waals surface area (Å²) < 4.78 is 5.01. The van der Waals surface area contributed by atoms with Crippen molar-refractivity contribution in [3.8, 4) is 5.88 Å². The van der Waals surface area contributed by atoms with E-state index in [0.717, 1.165) is 5.69 Å². The van der Waals surface area contributed by atoms with Gasteiger partial charge in [0.25, 0.3) is 0 Å². The number of aromatic nitrogens is 1. The van der Waals surface area contributed by atoms with E-state index in [1.54, 1.807) is 13.2 Å². The van der Waals surface area contributed by atoms with Crippen molar-refractivity contribution in [1.82, 2.24) is 10.3 Å². The predicted octanol–water partition coefficient (Wildman–Crippen LogP) is 1.51. The average molecular weight is 220 g/mol. The Morgan fingerprint density at radius 3 is 3.06 bits per heavy atom. The summed E-state index contributed by atoms with van der Waals surface area (Å²) in [5.74, 6) is 1.32. The van der Waals surface area contributed by atoms with Crippen molar-refractivity contribution in [3.63, 3.8) is 0 Å². The number of amides is 1. The van der Waals surface area contributed by atoms with Gasteiger partial charge >= 0.3 is 0 Å². The fourth-order valence-electron chi connectivity index (χ4n) is 1.52. The van der Waals surface area contributed by atoms with Crippen LogP contribution in [0.3, 0.4) is 0 Å². The maximum atomic E-state index is 11.5. The molecule has 1 amide bonds. The quantitative estimate of drug-likeness (QED) is 0.818. The lowest BCUT2D eigenvalue weighted by atomic mass is 10.2. The third-order valence-electron chi connectivity index (χ3n) is 2.63. The number of hydrogen-bond donors (Lipinski definition) is 1. The summed E-state index contributed by atoms with van der Waals surface area (Å²) in [7, 11) is 1.58. The number of pyridine rings is 1. The van der Waals surface area contributed by atoms with E-state index in [-0.39, 0.29) is 5.91 Å². The number of rotatable bonds is 5. The molecule has 1 aliphatic carbocycles. The molecule has 1 heterocycles. The van der Waals surface area contributed by atoms with Crippen LogP contribution in [0.25, 0.3) is 0 Å². The van der Waals surface area contributed by atoms with Crippen LogP contribution in [-0.4, -0.2) is 18.0 Å². The zero-order valence-corrected chi connectivity index (χ0v) is 9.40. The van der Waals surface area contributed by atoms with Crippen molar-refractivity contribution < 1.29 is 9.53 Å². The molecule has 16 heavy (non-hydrogen) atoms. The molecule has 1 fully saturated rings. The van der Waals surface area contributed by atoms with Crippen LogP contribution in [0.2, 0.25) is 0 Å². The molecule has 1 aromatic heterocycles. The highest BCUT2D eigenvalue weighted by Crippen LogP contribution is 2.32. The molecule has 0 unspecified atom stereocenters. The first-order valence-electron chi connectivity index (χ1n) is 5.54. The third kappa shape index (κ3) is 3.22. The molecule has 86 valence electrons. The lowest BCUT2D eigenvalue weighted by Crippen LogP contribution is -2.23. The largest absolute Gasteiger partial charge is 0.481 e. The first kappa shape index (κ1) is 10.9. The molecule has 4 heteroatoms. The van der Waals surface area contributed by atoms with Gasteiger partial charge in [0.15, 0.2) is 0 Å². The van der Waals surface area contributed by atoms with Crippen molar-refractivity contribution in [2.75, 3.05) is 7.11 Å². The predicted molar refractivity (Wildman–Crippen MR) is 60.0 cm³/mol. The Hall–Kier alpha value is -1.58. The van der Waals surface area contributed by atoms with Crippen LogP contribution < -0.4 is 10.1 Å². The summed E-state index contributed by atoms with van der Waals surface area (Å²) in [6.07, 6.45) is 3.06. The van der Waals surface area contributed by atoms with E-state index in [9.17, 15) is 4.79 Å². The minimum absolute atomic E-state index is 0.118. The van der Waals surface area contributed by atoms with E-state index in [0.29, 0.717) is 24.8 Å². The maximum Gasteiger partial charge on any atom is 0.220 e. The second-order valence-electron chi connectivity index (χ2n) is 4.10. The van der Waals surface area contributed by atoms with Gasteiger partial charge in [-0.05, 0) is 24.8 Å². The standard InChI is InChI=1S/C12H16N2O2/c1-16-12-4-2-3-10(14-12)8-13-11(15)7-9-5-6-9/h2-4,9H,5-8H2,1H3,(H,13,15). The van der Waals surface area contributed by atoms with E-state index in [4.69, 9.17) is 4.74 Å². The first-order chi connectivity index (χ1) is 7.78. The molecule has 1 saturated carbocycles. The number of nitrogens with one attached hydrogen (secondary N) is 1. The first-order valence-corrected chi connectivity index (χ1v) is 5.54. The summed E-state index contributed by atoms with van der Waals surface area (Å²) in [6.45, 7) is 0.475. The van der Waals surface area contributed by atoms with Crippen molar-refractivity contribution in [1.29, 1.82) is 0 Å². The van der Waals surface area contributed by atoms with Gasteiger partial charge in [0.05, 0.1) is 19.3 Å². The van der Waals surface area contributed by atoms with E-state index in [2.05, 4.69) is 10.3 Å². The van der Waals surface area contributed by atoms with Gasteiger partial charge in [-0.25, -0.2) is 4.98 Å². The summed E-state index contributed by atoms with van der Waals surface area (Å²) in [6, 6.07) is 5.53. The van der Waals surface area contributed by atoms with Gasteiger partial charge < -0.3 is 10.1 Å². The molecule has 2 rings (SSSR count). The van der Waals surface area contributed by atoms with Crippen LogP contribution in [0.15, 0.2) is 18.2 Å². The summed E-state index contributed by atoms with van der Waals surface area (Å²) in [4.78, 5) is 15.7. The highest BCUT2D eigenvalue weighted by molar-refractivity contribution is 5.76. The van der Waals surface area contributed by atoms with E-state index < -0.39 is 0 Å². The maximum absolute atomic E-state index is 11.5. The number of carbonyl (C=O) groups excluding carboxylic acids is 1. The molecule has 1 aliphatic rings. The van der Waals surface area contributed by atoms with Gasteiger partial charge in [-0.3, -0.25) is 4.79 Å². The van der Waals surface area contributed by atoms with Gasteiger partial charge in [0.1, 0.15) is 0 Å². The molecule has 0 bridgehead atoms. The Morgan fingerprint density at radius 1 is 1.56 bits per heavy atom. The SMILES string of the molecule is COc1cccc(CNC(=O)CC2CC2)n1. The topological polar surface area (TPSA) is 51.2 Å². The minimum Gasteiger partial charge on any atom is -0.481 e. The Labute approximate surface area is 95.0 Å². The molecule has 1 N–H and O–H groups in total. The highest BCUT2D eigenvalue weighted by atomic mass is 16.5. The Bertz CT molecular complexity index is 375. The second kappa shape index (κ2) is 4.96. The zero-order chi connectivity index (χ0) is 11.4. The van der Waals surface area contributed by atoms with Crippen molar-refractivity contribution in [2.45, 2.75) is 25.8 Å².